The third-order valence-electron chi connectivity index (χ3n) is 9.23. The van der Waals surface area contributed by atoms with Crippen molar-refractivity contribution in [3.63, 3.8) is 0 Å². The van der Waals surface area contributed by atoms with Gasteiger partial charge in [-0.15, -0.1) is 0 Å². The minimum absolute atomic E-state index is 0.0127. The van der Waals surface area contributed by atoms with E-state index in [0.29, 0.717) is 23.9 Å². The number of hydrogen-bond donors (Lipinski definition) is 2. The molecule has 340 valence electrons. The van der Waals surface area contributed by atoms with Crippen molar-refractivity contribution in [2.45, 2.75) is 174 Å². The number of phosphoric ester groups is 1. The van der Waals surface area contributed by atoms with E-state index in [9.17, 15) is 24.2 Å². The van der Waals surface area contributed by atoms with Crippen LogP contribution in [0.25, 0.3) is 0 Å². The van der Waals surface area contributed by atoms with Gasteiger partial charge in [0.05, 0.1) is 33.9 Å². The lowest BCUT2D eigenvalue weighted by Gasteiger charge is -2.24. The smallest absolute Gasteiger partial charge is 0.462 e. The third kappa shape index (κ3) is 44.8. The van der Waals surface area contributed by atoms with Gasteiger partial charge in [0, 0.05) is 12.8 Å². The van der Waals surface area contributed by atoms with E-state index < -0.39 is 32.5 Å². The maximum absolute atomic E-state index is 12.7. The van der Waals surface area contributed by atoms with E-state index in [1.54, 1.807) is 0 Å². The number of nitrogens with zero attached hydrogens (tertiary/aromatic N) is 1. The number of carbonyl (C=O) groups is 2. The molecular weight excluding hydrogens is 766 g/mol. The summed E-state index contributed by atoms with van der Waals surface area (Å²) in [7, 11) is 1.41. The molecule has 0 aromatic heterocycles. The fourth-order valence-electron chi connectivity index (χ4n) is 5.64. The molecule has 0 fully saturated rings. The van der Waals surface area contributed by atoms with E-state index in [1.807, 2.05) is 34.1 Å². The predicted molar refractivity (Wildman–Crippen MR) is 244 cm³/mol. The highest BCUT2D eigenvalue weighted by Gasteiger charge is 2.27. The number of phosphoric acid groups is 1. The van der Waals surface area contributed by atoms with Gasteiger partial charge < -0.3 is 24.0 Å². The summed E-state index contributed by atoms with van der Waals surface area (Å²) in [6.45, 7) is 3.85. The summed E-state index contributed by atoms with van der Waals surface area (Å²) >= 11 is 0. The van der Waals surface area contributed by atoms with Crippen LogP contribution in [-0.2, 0) is 32.7 Å². The number of unbranched alkanes of at least 4 members (excludes halogenated alkanes) is 12. The number of aliphatic hydroxyl groups is 1. The summed E-state index contributed by atoms with van der Waals surface area (Å²) in [6.07, 6.45) is 46.5. The van der Waals surface area contributed by atoms with Gasteiger partial charge in [-0.25, -0.2) is 4.57 Å². The highest BCUT2D eigenvalue weighted by atomic mass is 31.2. The van der Waals surface area contributed by atoms with Crippen LogP contribution >= 0.6 is 7.82 Å². The normalized spacial score (nSPS) is 14.8. The standard InChI is InChI=1S/C48H84NO9P/c1-6-7-8-9-10-11-12-13-14-15-18-22-25-28-31-34-37-40-48(52)58-46(44-57-59(53,54)56-42-41-49(3,4)5)43-55-47(51)39-36-33-30-27-24-21-19-16-17-20-23-26-29-32-35-38-45(2)50/h10-11,13-14,17,19-21,26-27,29-30,45-46,50H,6-9,12,15-16,18,22-25,28,31-44H2,1-5H3/p+1/b11-10-,14-13-,20-17-,21-19-,29-26-,30-27-/t45-,46-/m1/s1. The molecule has 0 aliphatic carbocycles. The largest absolute Gasteiger partial charge is 0.472 e. The highest BCUT2D eigenvalue weighted by Crippen LogP contribution is 2.43. The van der Waals surface area contributed by atoms with Crippen LogP contribution in [0.2, 0.25) is 0 Å². The summed E-state index contributed by atoms with van der Waals surface area (Å²) in [5.41, 5.74) is 0. The van der Waals surface area contributed by atoms with E-state index >= 15 is 0 Å². The van der Waals surface area contributed by atoms with Gasteiger partial charge >= 0.3 is 19.8 Å². The molecule has 2 N–H and O–H groups in total. The fraction of sp³-hybridized carbons (Fsp3) is 0.708. The highest BCUT2D eigenvalue weighted by molar-refractivity contribution is 7.47. The van der Waals surface area contributed by atoms with Crippen molar-refractivity contribution in [1.82, 2.24) is 0 Å². The maximum Gasteiger partial charge on any atom is 0.472 e. The molecule has 0 saturated carbocycles. The molecule has 0 aliphatic heterocycles. The minimum atomic E-state index is -4.40. The van der Waals surface area contributed by atoms with E-state index in [0.717, 1.165) is 77.0 Å². The Morgan fingerprint density at radius 3 is 1.58 bits per heavy atom. The summed E-state index contributed by atoms with van der Waals surface area (Å²) in [5, 5.41) is 9.28. The predicted octanol–water partition coefficient (Wildman–Crippen LogP) is 12.0. The first-order valence-electron chi connectivity index (χ1n) is 22.7. The van der Waals surface area contributed by atoms with E-state index in [4.69, 9.17) is 18.5 Å². The second-order valence-electron chi connectivity index (χ2n) is 16.4. The number of likely N-dealkylation sites (N-methyl/N-ethyl adjacent to an activating group) is 1. The van der Waals surface area contributed by atoms with Gasteiger partial charge in [0.25, 0.3) is 0 Å². The van der Waals surface area contributed by atoms with Gasteiger partial charge in [-0.2, -0.15) is 0 Å². The van der Waals surface area contributed by atoms with E-state index in [-0.39, 0.29) is 32.2 Å². The van der Waals surface area contributed by atoms with Crippen LogP contribution in [0, 0.1) is 0 Å². The van der Waals surface area contributed by atoms with Gasteiger partial charge in [-0.1, -0.05) is 125 Å². The average Bonchev–Trinajstić information content (AvgIpc) is 3.17. The number of hydrogen-bond acceptors (Lipinski definition) is 8. The Bertz CT molecular complexity index is 1250. The molecule has 0 aliphatic rings. The third-order valence-corrected chi connectivity index (χ3v) is 10.2. The molecule has 0 rings (SSSR count). The van der Waals surface area contributed by atoms with Crippen molar-refractivity contribution < 1.29 is 47.2 Å². The summed E-state index contributed by atoms with van der Waals surface area (Å²) in [5.74, 6) is -0.896. The lowest BCUT2D eigenvalue weighted by Crippen LogP contribution is -2.37. The van der Waals surface area contributed by atoms with Gasteiger partial charge in [-0.05, 0) is 96.8 Å². The molecule has 0 spiro atoms. The SMILES string of the molecule is CCCCC/C=C\C/C=C\CCCCCCCCCC(=O)O[C@H](COC(=O)CCC/C=C\C/C=C\C/C=C\C/C=C\CCC[C@@H](C)O)COP(=O)(O)OCC[N+](C)(C)C. The van der Waals surface area contributed by atoms with Crippen LogP contribution < -0.4 is 0 Å². The van der Waals surface area contributed by atoms with Gasteiger partial charge in [0.1, 0.15) is 19.8 Å². The summed E-state index contributed by atoms with van der Waals surface area (Å²) < 4.78 is 34.2. The van der Waals surface area contributed by atoms with Crippen molar-refractivity contribution in [1.29, 1.82) is 0 Å². The van der Waals surface area contributed by atoms with Crippen molar-refractivity contribution in [3.05, 3.63) is 72.9 Å². The molecule has 1 unspecified atom stereocenters. The molecule has 0 amide bonds. The second kappa shape index (κ2) is 39.5. The van der Waals surface area contributed by atoms with E-state index in [1.165, 1.54) is 44.9 Å². The minimum Gasteiger partial charge on any atom is -0.462 e. The first kappa shape index (κ1) is 56.4. The number of allylic oxidation sites excluding steroid dienone is 12. The number of rotatable bonds is 40. The van der Waals surface area contributed by atoms with Crippen molar-refractivity contribution in [2.24, 2.45) is 0 Å². The Morgan fingerprint density at radius 2 is 1.05 bits per heavy atom. The zero-order valence-electron chi connectivity index (χ0n) is 37.8. The second-order valence-corrected chi connectivity index (χ2v) is 17.8. The van der Waals surface area contributed by atoms with Crippen LogP contribution in [0.1, 0.15) is 162 Å². The summed E-state index contributed by atoms with van der Waals surface area (Å²) in [6, 6.07) is 0. The molecule has 11 heteroatoms. The number of quaternary nitrogens is 1. The first-order valence-corrected chi connectivity index (χ1v) is 24.2. The molecule has 0 heterocycles. The van der Waals surface area contributed by atoms with Gasteiger partial charge in [-0.3, -0.25) is 18.6 Å². The Kier molecular flexibility index (Phi) is 37.8. The van der Waals surface area contributed by atoms with Gasteiger partial charge in [0.15, 0.2) is 6.10 Å². The van der Waals surface area contributed by atoms with Crippen molar-refractivity contribution in [3.8, 4) is 0 Å². The van der Waals surface area contributed by atoms with Gasteiger partial charge in [0.2, 0.25) is 0 Å². The van der Waals surface area contributed by atoms with Crippen LogP contribution in [0.5, 0.6) is 0 Å². The lowest BCUT2D eigenvalue weighted by molar-refractivity contribution is -0.870. The van der Waals surface area contributed by atoms with Crippen LogP contribution in [0.15, 0.2) is 72.9 Å². The van der Waals surface area contributed by atoms with Crippen LogP contribution in [0.4, 0.5) is 0 Å². The topological polar surface area (TPSA) is 129 Å². The quantitative estimate of drug-likeness (QED) is 0.0203. The Hall–Kier alpha value is -2.59. The lowest BCUT2D eigenvalue weighted by atomic mass is 10.1. The molecule has 0 aromatic rings. The molecule has 59 heavy (non-hydrogen) atoms. The molecular formula is C48H85NO9P+. The number of esters is 2. The van der Waals surface area contributed by atoms with Crippen molar-refractivity contribution >= 4 is 19.8 Å². The number of aliphatic hydroxyl groups excluding tert-OH is 1. The van der Waals surface area contributed by atoms with Crippen LogP contribution in [0.3, 0.4) is 0 Å². The summed E-state index contributed by atoms with van der Waals surface area (Å²) in [4.78, 5) is 35.4. The molecule has 10 nitrogen and oxygen atoms in total. The zero-order valence-corrected chi connectivity index (χ0v) is 38.7. The average molecular weight is 851 g/mol. The number of carbonyl (C=O) groups excluding carboxylic acids is 2. The molecule has 0 bridgehead atoms. The monoisotopic (exact) mass is 851 g/mol. The first-order chi connectivity index (χ1) is 28.3. The Labute approximate surface area is 360 Å². The molecule has 3 atom stereocenters. The molecule has 0 radical (unpaired) electrons. The molecule has 0 aromatic carbocycles. The Balaban J connectivity index is 4.46. The number of ether oxygens (including phenoxy) is 2. The van der Waals surface area contributed by atoms with Crippen LogP contribution in [-0.4, -0.2) is 86.1 Å². The Morgan fingerprint density at radius 1 is 0.593 bits per heavy atom. The van der Waals surface area contributed by atoms with Crippen molar-refractivity contribution in [2.75, 3.05) is 47.5 Å². The fourth-order valence-corrected chi connectivity index (χ4v) is 6.38. The maximum atomic E-state index is 12.7. The zero-order chi connectivity index (χ0) is 43.7. The van der Waals surface area contributed by atoms with E-state index in [2.05, 4.69) is 73.8 Å². The molecule has 0 saturated heterocycles.